The van der Waals surface area contributed by atoms with Crippen LogP contribution in [-0.4, -0.2) is 39.0 Å². The minimum Gasteiger partial charge on any atom is -0.310 e. The van der Waals surface area contributed by atoms with Crippen LogP contribution in [0.1, 0.15) is 0 Å². The highest BCUT2D eigenvalue weighted by Crippen LogP contribution is 2.40. The maximum Gasteiger partial charge on any atom is 0.198 e. The van der Waals surface area contributed by atoms with Crippen LogP contribution in [0.25, 0.3) is 56.7 Å². The SMILES string of the molecule is c1ccc(N(c2ccccc2)c2cc(-c3nc4nccnc4n3-c3ccccc3)cc(-c3nc4nccnc4n3-c3ccccc3)c2)cc1. The highest BCUT2D eigenvalue weighted by atomic mass is 15.2. The predicted molar refractivity (Wildman–Crippen MR) is 192 cm³/mol. The quantitative estimate of drug-likeness (QED) is 0.173. The number of nitrogens with zero attached hydrogens (tertiary/aromatic N) is 9. The fraction of sp³-hybridized carbons (Fsp3) is 0. The molecule has 0 radical (unpaired) electrons. The number of imidazole rings is 2. The van der Waals surface area contributed by atoms with Crippen LogP contribution in [0.15, 0.2) is 164 Å². The third-order valence-electron chi connectivity index (χ3n) is 8.34. The Morgan fingerprint density at radius 3 is 1.20 bits per heavy atom. The van der Waals surface area contributed by atoms with Gasteiger partial charge in [0.2, 0.25) is 0 Å². The van der Waals surface area contributed by atoms with Crippen molar-refractivity contribution in [3.63, 3.8) is 0 Å². The fourth-order valence-corrected chi connectivity index (χ4v) is 6.25. The lowest BCUT2D eigenvalue weighted by atomic mass is 10.1. The Kier molecular flexibility index (Phi) is 6.90. The predicted octanol–water partition coefficient (Wildman–Crippen LogP) is 8.75. The lowest BCUT2D eigenvalue weighted by Crippen LogP contribution is -2.10. The molecule has 0 bridgehead atoms. The topological polar surface area (TPSA) is 90.4 Å². The number of rotatable bonds is 7. The Balaban J connectivity index is 1.37. The van der Waals surface area contributed by atoms with E-state index in [1.165, 1.54) is 0 Å². The highest BCUT2D eigenvalue weighted by molar-refractivity contribution is 5.87. The molecule has 5 aromatic carbocycles. The standard InChI is InChI=1S/C40H27N9/c1-5-13-30(14-6-1)47(31-15-7-2-8-16-31)34-26-28(37-45-35-39(43-23-21-41-35)48(37)32-17-9-3-10-18-32)25-29(27-34)38-46-36-40(44-24-22-42-36)49(38)33-19-11-4-12-20-33/h1-27H. The number of para-hydroxylation sites is 4. The minimum atomic E-state index is 0.557. The Morgan fingerprint density at radius 1 is 0.388 bits per heavy atom. The number of anilines is 3. The van der Waals surface area contributed by atoms with E-state index in [1.54, 1.807) is 24.8 Å². The molecule has 0 fully saturated rings. The molecule has 9 nitrogen and oxygen atoms in total. The first-order valence-corrected chi connectivity index (χ1v) is 15.9. The zero-order valence-electron chi connectivity index (χ0n) is 26.1. The maximum absolute atomic E-state index is 5.08. The number of hydrogen-bond acceptors (Lipinski definition) is 7. The molecule has 0 saturated heterocycles. The van der Waals surface area contributed by atoms with E-state index in [9.17, 15) is 0 Å². The van der Waals surface area contributed by atoms with Crippen molar-refractivity contribution < 1.29 is 0 Å². The van der Waals surface area contributed by atoms with Gasteiger partial charge in [-0.15, -0.1) is 0 Å². The molecule has 0 atom stereocenters. The Labute approximate surface area is 281 Å². The maximum atomic E-state index is 5.08. The second-order valence-electron chi connectivity index (χ2n) is 11.4. The van der Waals surface area contributed by atoms with Gasteiger partial charge in [0.1, 0.15) is 11.6 Å². The van der Waals surface area contributed by atoms with Crippen LogP contribution in [0.3, 0.4) is 0 Å². The summed E-state index contributed by atoms with van der Waals surface area (Å²) in [5, 5.41) is 0. The molecule has 9 rings (SSSR count). The van der Waals surface area contributed by atoms with Crippen LogP contribution in [-0.2, 0) is 0 Å². The molecule has 4 aromatic heterocycles. The van der Waals surface area contributed by atoms with Gasteiger partial charge in [0.05, 0.1) is 0 Å². The molecule has 9 heteroatoms. The number of hydrogen-bond donors (Lipinski definition) is 0. The summed E-state index contributed by atoms with van der Waals surface area (Å²) in [4.78, 5) is 31.0. The first-order valence-electron chi connectivity index (χ1n) is 15.9. The van der Waals surface area contributed by atoms with Gasteiger partial charge in [-0.1, -0.05) is 72.8 Å². The Morgan fingerprint density at radius 2 is 0.776 bits per heavy atom. The molecule has 0 unspecified atom stereocenters. The normalized spacial score (nSPS) is 11.3. The van der Waals surface area contributed by atoms with E-state index in [0.29, 0.717) is 34.2 Å². The van der Waals surface area contributed by atoms with Crippen molar-refractivity contribution in [3.05, 3.63) is 164 Å². The van der Waals surface area contributed by atoms with Crippen molar-refractivity contribution in [2.45, 2.75) is 0 Å². The molecule has 4 heterocycles. The second kappa shape index (κ2) is 12.0. The van der Waals surface area contributed by atoms with Gasteiger partial charge in [0.25, 0.3) is 0 Å². The summed E-state index contributed by atoms with van der Waals surface area (Å²) in [7, 11) is 0. The molecule has 232 valence electrons. The summed E-state index contributed by atoms with van der Waals surface area (Å²) < 4.78 is 4.12. The van der Waals surface area contributed by atoms with Gasteiger partial charge >= 0.3 is 0 Å². The zero-order valence-corrected chi connectivity index (χ0v) is 26.1. The van der Waals surface area contributed by atoms with Crippen molar-refractivity contribution in [3.8, 4) is 34.2 Å². The second-order valence-corrected chi connectivity index (χ2v) is 11.4. The van der Waals surface area contributed by atoms with Gasteiger partial charge in [-0.25, -0.2) is 29.9 Å². The summed E-state index contributed by atoms with van der Waals surface area (Å²) in [6, 6.07) is 47.4. The lowest BCUT2D eigenvalue weighted by molar-refractivity contribution is 1.07. The minimum absolute atomic E-state index is 0.557. The average molecular weight is 634 g/mol. The number of aromatic nitrogens is 8. The lowest BCUT2D eigenvalue weighted by Gasteiger charge is -2.26. The van der Waals surface area contributed by atoms with Gasteiger partial charge in [-0.3, -0.25) is 9.13 Å². The van der Waals surface area contributed by atoms with E-state index >= 15 is 0 Å². The molecule has 9 aromatic rings. The Bertz CT molecular complexity index is 2370. The molecule has 0 aliphatic heterocycles. The van der Waals surface area contributed by atoms with Crippen LogP contribution < -0.4 is 4.90 Å². The van der Waals surface area contributed by atoms with Gasteiger partial charge < -0.3 is 4.90 Å². The molecular formula is C40H27N9. The van der Waals surface area contributed by atoms with Gasteiger partial charge in [-0.05, 0) is 66.7 Å². The fourth-order valence-electron chi connectivity index (χ4n) is 6.25. The van der Waals surface area contributed by atoms with Crippen LogP contribution in [0.5, 0.6) is 0 Å². The number of benzene rings is 5. The third-order valence-corrected chi connectivity index (χ3v) is 8.34. The number of fused-ring (bicyclic) bond motifs is 2. The molecule has 0 amide bonds. The highest BCUT2D eigenvalue weighted by Gasteiger charge is 2.23. The Hall–Kier alpha value is -7.00. The zero-order chi connectivity index (χ0) is 32.6. The monoisotopic (exact) mass is 633 g/mol. The van der Waals surface area contributed by atoms with E-state index in [1.807, 2.05) is 72.8 Å². The molecule has 0 aliphatic carbocycles. The molecule has 0 N–H and O–H groups in total. The van der Waals surface area contributed by atoms with Gasteiger partial charge in [0, 0.05) is 64.4 Å². The molecular weight excluding hydrogens is 607 g/mol. The summed E-state index contributed by atoms with van der Waals surface area (Å²) in [6.07, 6.45) is 6.74. The third kappa shape index (κ3) is 5.06. The summed E-state index contributed by atoms with van der Waals surface area (Å²) in [5.74, 6) is 1.41. The largest absolute Gasteiger partial charge is 0.310 e. The average Bonchev–Trinajstić information content (AvgIpc) is 3.76. The molecule has 0 aliphatic rings. The van der Waals surface area contributed by atoms with Gasteiger partial charge in [-0.2, -0.15) is 0 Å². The van der Waals surface area contributed by atoms with Crippen LogP contribution in [0, 0.1) is 0 Å². The molecule has 49 heavy (non-hydrogen) atoms. The molecule has 0 saturated carbocycles. The first kappa shape index (κ1) is 28.2. The van der Waals surface area contributed by atoms with Crippen molar-refractivity contribution in [2.75, 3.05) is 4.90 Å². The van der Waals surface area contributed by atoms with E-state index in [-0.39, 0.29) is 0 Å². The van der Waals surface area contributed by atoms with Crippen LogP contribution in [0.2, 0.25) is 0 Å². The van der Waals surface area contributed by atoms with Crippen molar-refractivity contribution in [1.82, 2.24) is 39.0 Å². The van der Waals surface area contributed by atoms with E-state index in [4.69, 9.17) is 19.9 Å². The smallest absolute Gasteiger partial charge is 0.198 e. The van der Waals surface area contributed by atoms with E-state index < -0.39 is 0 Å². The van der Waals surface area contributed by atoms with E-state index in [2.05, 4.69) is 90.7 Å². The summed E-state index contributed by atoms with van der Waals surface area (Å²) >= 11 is 0. The first-order chi connectivity index (χ1) is 24.3. The van der Waals surface area contributed by atoms with Crippen molar-refractivity contribution >= 4 is 39.7 Å². The van der Waals surface area contributed by atoms with Crippen LogP contribution in [0.4, 0.5) is 17.1 Å². The summed E-state index contributed by atoms with van der Waals surface area (Å²) in [6.45, 7) is 0. The summed E-state index contributed by atoms with van der Waals surface area (Å²) in [5.41, 5.74) is 8.98. The van der Waals surface area contributed by atoms with Crippen LogP contribution >= 0.6 is 0 Å². The van der Waals surface area contributed by atoms with E-state index in [0.717, 1.165) is 39.6 Å². The van der Waals surface area contributed by atoms with Crippen molar-refractivity contribution in [1.29, 1.82) is 0 Å². The van der Waals surface area contributed by atoms with Gasteiger partial charge in [0.15, 0.2) is 22.6 Å². The molecule has 0 spiro atoms. The van der Waals surface area contributed by atoms with Crippen molar-refractivity contribution in [2.24, 2.45) is 0 Å².